The van der Waals surface area contributed by atoms with Crippen molar-refractivity contribution in [1.82, 2.24) is 30.5 Å². The number of halogens is 2. The molecule has 5 aromatic rings. The number of aromatic nitrogens is 5. The fourth-order valence-electron chi connectivity index (χ4n) is 3.50. The number of amides is 1. The van der Waals surface area contributed by atoms with Gasteiger partial charge in [-0.2, -0.15) is 5.10 Å². The van der Waals surface area contributed by atoms with Crippen LogP contribution < -0.4 is 5.32 Å². The van der Waals surface area contributed by atoms with Crippen LogP contribution in [0.5, 0.6) is 0 Å². The minimum Gasteiger partial charge on any atom is -0.344 e. The number of carbonyl (C=O) groups is 1. The molecule has 3 heterocycles. The topological polar surface area (TPSA) is 96.5 Å². The van der Waals surface area contributed by atoms with Crippen molar-refractivity contribution in [3.05, 3.63) is 93.7 Å². The van der Waals surface area contributed by atoms with E-state index >= 15 is 0 Å². The van der Waals surface area contributed by atoms with Gasteiger partial charge in [-0.25, -0.2) is 9.97 Å². The molecule has 0 radical (unpaired) electrons. The Morgan fingerprint density at radius 3 is 2.81 bits per heavy atom. The van der Waals surface area contributed by atoms with Gasteiger partial charge in [0.05, 0.1) is 28.3 Å². The van der Waals surface area contributed by atoms with Crippen LogP contribution in [0.15, 0.2) is 60.9 Å². The number of pyridine rings is 1. The number of benzene rings is 2. The minimum atomic E-state index is -0.375. The van der Waals surface area contributed by atoms with Gasteiger partial charge in [-0.15, -0.1) is 0 Å². The number of hydrogen-bond donors (Lipinski definition) is 2. The van der Waals surface area contributed by atoms with Gasteiger partial charge in [0.25, 0.3) is 5.91 Å². The van der Waals surface area contributed by atoms with Crippen LogP contribution in [0.4, 0.5) is 0 Å². The summed E-state index contributed by atoms with van der Waals surface area (Å²) in [6, 6.07) is 15.0. The minimum absolute atomic E-state index is 0.103. The van der Waals surface area contributed by atoms with Crippen molar-refractivity contribution in [3.8, 4) is 0 Å². The molecular formula is C23H16Cl2N6O. The fraction of sp³-hybridized carbons (Fsp3) is 0.0870. The highest BCUT2D eigenvalue weighted by Gasteiger charge is 2.13. The zero-order valence-electron chi connectivity index (χ0n) is 16.6. The highest BCUT2D eigenvalue weighted by molar-refractivity contribution is 6.31. The monoisotopic (exact) mass is 462 g/mol. The maximum absolute atomic E-state index is 12.6. The summed E-state index contributed by atoms with van der Waals surface area (Å²) in [5.74, 6) is -0.273. The van der Waals surface area contributed by atoms with Crippen LogP contribution in [0.2, 0.25) is 10.0 Å². The molecule has 3 aromatic heterocycles. The molecule has 0 unspecified atom stereocenters. The summed E-state index contributed by atoms with van der Waals surface area (Å²) >= 11 is 12.1. The molecule has 0 aliphatic rings. The third kappa shape index (κ3) is 4.26. The van der Waals surface area contributed by atoms with Crippen molar-refractivity contribution < 1.29 is 4.79 Å². The van der Waals surface area contributed by atoms with Gasteiger partial charge in [0.15, 0.2) is 0 Å². The van der Waals surface area contributed by atoms with E-state index in [9.17, 15) is 4.79 Å². The Hall–Kier alpha value is -3.55. The van der Waals surface area contributed by atoms with Crippen molar-refractivity contribution in [1.29, 1.82) is 0 Å². The van der Waals surface area contributed by atoms with Gasteiger partial charge in [0.2, 0.25) is 5.82 Å². The number of hydrogen-bond acceptors (Lipinski definition) is 5. The molecule has 0 spiro atoms. The molecule has 2 N–H and O–H groups in total. The lowest BCUT2D eigenvalue weighted by molar-refractivity contribution is 0.0940. The van der Waals surface area contributed by atoms with E-state index in [1.54, 1.807) is 24.5 Å². The van der Waals surface area contributed by atoms with Gasteiger partial charge >= 0.3 is 0 Å². The van der Waals surface area contributed by atoms with E-state index in [4.69, 9.17) is 23.2 Å². The molecule has 5 rings (SSSR count). The Morgan fingerprint density at radius 1 is 1.00 bits per heavy atom. The Morgan fingerprint density at radius 2 is 1.91 bits per heavy atom. The zero-order valence-corrected chi connectivity index (χ0v) is 18.2. The van der Waals surface area contributed by atoms with Gasteiger partial charge in [0.1, 0.15) is 0 Å². The molecular weight excluding hydrogens is 447 g/mol. The average molecular weight is 463 g/mol. The van der Waals surface area contributed by atoms with Crippen molar-refractivity contribution in [3.63, 3.8) is 0 Å². The lowest BCUT2D eigenvalue weighted by atomic mass is 10.1. The number of carbonyl (C=O) groups excluding carboxylic acids is 1. The summed E-state index contributed by atoms with van der Waals surface area (Å²) in [7, 11) is 0. The van der Waals surface area contributed by atoms with Crippen molar-refractivity contribution >= 4 is 50.9 Å². The molecule has 2 aromatic carbocycles. The van der Waals surface area contributed by atoms with E-state index in [-0.39, 0.29) is 18.3 Å². The second-order valence-corrected chi connectivity index (χ2v) is 8.14. The fourth-order valence-corrected chi connectivity index (χ4v) is 3.83. The van der Waals surface area contributed by atoms with E-state index in [0.717, 1.165) is 33.1 Å². The third-order valence-corrected chi connectivity index (χ3v) is 5.48. The molecule has 0 atom stereocenters. The molecule has 1 amide bonds. The van der Waals surface area contributed by atoms with Gasteiger partial charge in [-0.1, -0.05) is 29.3 Å². The van der Waals surface area contributed by atoms with Gasteiger partial charge in [-0.3, -0.25) is 14.9 Å². The van der Waals surface area contributed by atoms with Crippen molar-refractivity contribution in [2.45, 2.75) is 13.0 Å². The average Bonchev–Trinajstić information content (AvgIpc) is 3.19. The van der Waals surface area contributed by atoms with Crippen LogP contribution in [-0.2, 0) is 13.0 Å². The SMILES string of the molecule is O=C(NCc1n[nH]c2ccc(Cl)cc12)c1nccc(Cc2ccc3ncc(Cl)cc3c2)n1. The maximum atomic E-state index is 12.6. The molecule has 0 saturated carbocycles. The normalized spacial score (nSPS) is 11.2. The molecule has 0 saturated heterocycles. The summed E-state index contributed by atoms with van der Waals surface area (Å²) in [5, 5.41) is 13.0. The number of aromatic amines is 1. The molecule has 158 valence electrons. The van der Waals surface area contributed by atoms with Crippen LogP contribution in [0, 0.1) is 0 Å². The largest absolute Gasteiger partial charge is 0.344 e. The molecule has 32 heavy (non-hydrogen) atoms. The van der Waals surface area contributed by atoms with E-state index in [1.807, 2.05) is 36.4 Å². The Bertz CT molecular complexity index is 1470. The van der Waals surface area contributed by atoms with Crippen LogP contribution in [0.25, 0.3) is 21.8 Å². The second-order valence-electron chi connectivity index (χ2n) is 7.27. The van der Waals surface area contributed by atoms with Gasteiger partial charge in [0, 0.05) is 40.3 Å². The molecule has 9 heteroatoms. The Kier molecular flexibility index (Phi) is 5.43. The molecule has 0 aliphatic carbocycles. The van der Waals surface area contributed by atoms with E-state index in [0.29, 0.717) is 22.2 Å². The number of nitrogens with zero attached hydrogens (tertiary/aromatic N) is 4. The van der Waals surface area contributed by atoms with Crippen molar-refractivity contribution in [2.75, 3.05) is 0 Å². The summed E-state index contributed by atoms with van der Waals surface area (Å²) in [6.07, 6.45) is 3.76. The second kappa shape index (κ2) is 8.53. The van der Waals surface area contributed by atoms with Gasteiger partial charge in [-0.05, 0) is 48.0 Å². The first-order valence-corrected chi connectivity index (χ1v) is 10.6. The van der Waals surface area contributed by atoms with E-state index in [1.165, 1.54) is 0 Å². The van der Waals surface area contributed by atoms with E-state index in [2.05, 4.69) is 30.5 Å². The lowest BCUT2D eigenvalue weighted by Crippen LogP contribution is -2.25. The summed E-state index contributed by atoms with van der Waals surface area (Å²) < 4.78 is 0. The van der Waals surface area contributed by atoms with Crippen LogP contribution in [0.1, 0.15) is 27.6 Å². The number of fused-ring (bicyclic) bond motifs is 2. The van der Waals surface area contributed by atoms with Crippen molar-refractivity contribution in [2.24, 2.45) is 0 Å². The first kappa shape index (κ1) is 20.4. The molecule has 0 fully saturated rings. The Labute approximate surface area is 192 Å². The smallest absolute Gasteiger partial charge is 0.289 e. The molecule has 0 aliphatic heterocycles. The first-order chi connectivity index (χ1) is 15.5. The highest BCUT2D eigenvalue weighted by Crippen LogP contribution is 2.21. The third-order valence-electron chi connectivity index (χ3n) is 5.03. The number of H-pyrrole nitrogens is 1. The molecule has 0 bridgehead atoms. The van der Waals surface area contributed by atoms with Crippen LogP contribution in [-0.4, -0.2) is 31.1 Å². The van der Waals surface area contributed by atoms with E-state index < -0.39 is 0 Å². The van der Waals surface area contributed by atoms with Crippen LogP contribution in [0.3, 0.4) is 0 Å². The number of nitrogens with one attached hydrogen (secondary N) is 2. The first-order valence-electron chi connectivity index (χ1n) is 9.82. The summed E-state index contributed by atoms with van der Waals surface area (Å²) in [4.78, 5) is 25.5. The molecule has 7 nitrogen and oxygen atoms in total. The lowest BCUT2D eigenvalue weighted by Gasteiger charge is -2.06. The maximum Gasteiger partial charge on any atom is 0.289 e. The summed E-state index contributed by atoms with van der Waals surface area (Å²) in [5.41, 5.74) is 4.18. The number of rotatable bonds is 5. The highest BCUT2D eigenvalue weighted by atomic mass is 35.5. The zero-order chi connectivity index (χ0) is 22.1. The quantitative estimate of drug-likeness (QED) is 0.393. The standard InChI is InChI=1S/C23H16Cl2N6O/c24-15-2-4-20-18(10-15)21(31-30-20)12-28-23(32)22-26-6-5-17(29-22)8-13-1-3-19-14(7-13)9-16(25)11-27-19/h1-7,9-11H,8,12H2,(H,28,32)(H,30,31). The Balaban J connectivity index is 1.31. The summed E-state index contributed by atoms with van der Waals surface area (Å²) in [6.45, 7) is 0.227. The van der Waals surface area contributed by atoms with Crippen LogP contribution >= 0.6 is 23.2 Å². The predicted molar refractivity (Wildman–Crippen MR) is 124 cm³/mol. The van der Waals surface area contributed by atoms with Gasteiger partial charge < -0.3 is 5.32 Å². The predicted octanol–water partition coefficient (Wildman–Crippen LogP) is 4.73.